The van der Waals surface area contributed by atoms with Crippen LogP contribution in [0.2, 0.25) is 5.02 Å². The number of likely N-dealkylation sites (N-methyl/N-ethyl adjacent to an activating group) is 1. The Balaban J connectivity index is 1.89. The molecule has 144 valence electrons. The topological polar surface area (TPSA) is 48.0 Å². The lowest BCUT2D eigenvalue weighted by molar-refractivity contribution is -0.125. The Labute approximate surface area is 165 Å². The molecule has 0 atom stereocenters. The Kier molecular flexibility index (Phi) is 8.01. The van der Waals surface area contributed by atoms with E-state index in [2.05, 4.69) is 0 Å². The third kappa shape index (κ3) is 6.22. The van der Waals surface area contributed by atoms with Crippen LogP contribution < -0.4 is 14.2 Å². The maximum Gasteiger partial charge on any atom is 0.246 e. The molecule has 6 heteroatoms. The highest BCUT2D eigenvalue weighted by molar-refractivity contribution is 6.32. The minimum atomic E-state index is -0.120. The van der Waals surface area contributed by atoms with Gasteiger partial charge in [0.1, 0.15) is 12.4 Å². The van der Waals surface area contributed by atoms with Crippen LogP contribution in [-0.4, -0.2) is 44.7 Å². The van der Waals surface area contributed by atoms with Gasteiger partial charge in [-0.3, -0.25) is 4.79 Å². The molecule has 0 fully saturated rings. The van der Waals surface area contributed by atoms with Gasteiger partial charge in [0.25, 0.3) is 0 Å². The summed E-state index contributed by atoms with van der Waals surface area (Å²) in [6, 6.07) is 12.8. The molecule has 0 aliphatic carbocycles. The van der Waals surface area contributed by atoms with Gasteiger partial charge in [-0.2, -0.15) is 0 Å². The van der Waals surface area contributed by atoms with Gasteiger partial charge in [-0.25, -0.2) is 0 Å². The van der Waals surface area contributed by atoms with Crippen molar-refractivity contribution in [2.75, 3.05) is 33.9 Å². The summed E-state index contributed by atoms with van der Waals surface area (Å²) in [5.74, 6) is 1.80. The van der Waals surface area contributed by atoms with E-state index in [1.807, 2.05) is 37.3 Å². The molecule has 0 unspecified atom stereocenters. The molecule has 0 saturated heterocycles. The standard InChI is InChI=1S/C21H24ClNO4/c1-4-26-19-11-9-16(15-20(19)25-3)10-12-21(24)23(2)13-14-27-18-8-6-5-7-17(18)22/h5-12,15H,4,13-14H2,1-3H3/b12-10+. The molecule has 0 aliphatic heterocycles. The van der Waals surface area contributed by atoms with Gasteiger partial charge in [0.05, 0.1) is 25.3 Å². The summed E-state index contributed by atoms with van der Waals surface area (Å²) in [6.07, 6.45) is 3.26. The molecule has 0 radical (unpaired) electrons. The number of amides is 1. The Morgan fingerprint density at radius 3 is 2.59 bits per heavy atom. The first-order valence-electron chi connectivity index (χ1n) is 8.66. The average Bonchev–Trinajstić information content (AvgIpc) is 2.68. The second kappa shape index (κ2) is 10.5. The van der Waals surface area contributed by atoms with Crippen LogP contribution in [0, 0.1) is 0 Å². The van der Waals surface area contributed by atoms with E-state index in [9.17, 15) is 4.79 Å². The summed E-state index contributed by atoms with van der Waals surface area (Å²) < 4.78 is 16.4. The van der Waals surface area contributed by atoms with E-state index in [1.165, 1.54) is 6.08 Å². The second-order valence-corrected chi connectivity index (χ2v) is 6.12. The Morgan fingerprint density at radius 1 is 1.11 bits per heavy atom. The number of halogens is 1. The molecular weight excluding hydrogens is 366 g/mol. The van der Waals surface area contributed by atoms with E-state index in [0.29, 0.717) is 42.0 Å². The number of methoxy groups -OCH3 is 1. The van der Waals surface area contributed by atoms with Crippen LogP contribution in [0.25, 0.3) is 6.08 Å². The summed E-state index contributed by atoms with van der Waals surface area (Å²) in [7, 11) is 3.31. The number of carbonyl (C=O) groups is 1. The van der Waals surface area contributed by atoms with Crippen LogP contribution >= 0.6 is 11.6 Å². The number of para-hydroxylation sites is 1. The van der Waals surface area contributed by atoms with E-state index in [0.717, 1.165) is 5.56 Å². The zero-order chi connectivity index (χ0) is 19.6. The van der Waals surface area contributed by atoms with Crippen molar-refractivity contribution in [3.63, 3.8) is 0 Å². The molecule has 0 N–H and O–H groups in total. The summed E-state index contributed by atoms with van der Waals surface area (Å²) in [5.41, 5.74) is 0.851. The highest BCUT2D eigenvalue weighted by atomic mass is 35.5. The van der Waals surface area contributed by atoms with Crippen LogP contribution in [0.4, 0.5) is 0 Å². The molecule has 27 heavy (non-hydrogen) atoms. The van der Waals surface area contributed by atoms with Gasteiger partial charge in [0.15, 0.2) is 11.5 Å². The first kappa shape index (κ1) is 20.6. The lowest BCUT2D eigenvalue weighted by Gasteiger charge is -2.16. The fourth-order valence-corrected chi connectivity index (χ4v) is 2.51. The molecule has 0 saturated carbocycles. The molecule has 0 bridgehead atoms. The Bertz CT molecular complexity index is 792. The SMILES string of the molecule is CCOc1ccc(/C=C/C(=O)N(C)CCOc2ccccc2Cl)cc1OC. The van der Waals surface area contributed by atoms with Crippen molar-refractivity contribution in [1.29, 1.82) is 0 Å². The molecule has 1 amide bonds. The van der Waals surface area contributed by atoms with Gasteiger partial charge in [-0.1, -0.05) is 29.8 Å². The molecule has 0 aliphatic rings. The Hall–Kier alpha value is -2.66. The van der Waals surface area contributed by atoms with Crippen molar-refractivity contribution in [3.8, 4) is 17.2 Å². The predicted octanol–water partition coefficient (Wildman–Crippen LogP) is 4.30. The third-order valence-corrected chi connectivity index (χ3v) is 4.12. The van der Waals surface area contributed by atoms with Crippen molar-refractivity contribution in [2.45, 2.75) is 6.92 Å². The molecule has 2 aromatic rings. The number of hydrogen-bond donors (Lipinski definition) is 0. The lowest BCUT2D eigenvalue weighted by Crippen LogP contribution is -2.29. The van der Waals surface area contributed by atoms with E-state index in [-0.39, 0.29) is 5.91 Å². The molecular formula is C21H24ClNO4. The molecule has 5 nitrogen and oxygen atoms in total. The van der Waals surface area contributed by atoms with Gasteiger partial charge in [-0.15, -0.1) is 0 Å². The van der Waals surface area contributed by atoms with Crippen molar-refractivity contribution in [2.24, 2.45) is 0 Å². The fourth-order valence-electron chi connectivity index (χ4n) is 2.32. The van der Waals surface area contributed by atoms with Crippen LogP contribution in [0.15, 0.2) is 48.5 Å². The highest BCUT2D eigenvalue weighted by Crippen LogP contribution is 2.28. The molecule has 0 heterocycles. The molecule has 0 spiro atoms. The van der Waals surface area contributed by atoms with Gasteiger partial charge < -0.3 is 19.1 Å². The average molecular weight is 390 g/mol. The number of nitrogens with zero attached hydrogens (tertiary/aromatic N) is 1. The van der Waals surface area contributed by atoms with Crippen molar-refractivity contribution in [1.82, 2.24) is 4.90 Å². The number of carbonyl (C=O) groups excluding carboxylic acids is 1. The number of benzene rings is 2. The summed E-state index contributed by atoms with van der Waals surface area (Å²) in [5, 5.41) is 0.552. The zero-order valence-electron chi connectivity index (χ0n) is 15.8. The quantitative estimate of drug-likeness (QED) is 0.600. The normalized spacial score (nSPS) is 10.7. The number of rotatable bonds is 9. The van der Waals surface area contributed by atoms with Gasteiger partial charge in [0.2, 0.25) is 5.91 Å². The van der Waals surface area contributed by atoms with Crippen molar-refractivity contribution >= 4 is 23.6 Å². The van der Waals surface area contributed by atoms with Crippen molar-refractivity contribution < 1.29 is 19.0 Å². The Morgan fingerprint density at radius 2 is 1.89 bits per heavy atom. The fraction of sp³-hybridized carbons (Fsp3) is 0.286. The summed E-state index contributed by atoms with van der Waals surface area (Å²) in [6.45, 7) is 3.28. The monoisotopic (exact) mass is 389 g/mol. The van der Waals surface area contributed by atoms with Crippen LogP contribution in [0.1, 0.15) is 12.5 Å². The van der Waals surface area contributed by atoms with Gasteiger partial charge in [0, 0.05) is 13.1 Å². The highest BCUT2D eigenvalue weighted by Gasteiger charge is 2.07. The summed E-state index contributed by atoms with van der Waals surface area (Å²) in [4.78, 5) is 13.8. The van der Waals surface area contributed by atoms with Gasteiger partial charge >= 0.3 is 0 Å². The van der Waals surface area contributed by atoms with Crippen LogP contribution in [-0.2, 0) is 4.79 Å². The van der Waals surface area contributed by atoms with Crippen molar-refractivity contribution in [3.05, 3.63) is 59.1 Å². The molecule has 2 aromatic carbocycles. The second-order valence-electron chi connectivity index (χ2n) is 5.72. The lowest BCUT2D eigenvalue weighted by atomic mass is 10.2. The van der Waals surface area contributed by atoms with Crippen LogP contribution in [0.5, 0.6) is 17.2 Å². The van der Waals surface area contributed by atoms with E-state index >= 15 is 0 Å². The minimum absolute atomic E-state index is 0.120. The maximum absolute atomic E-state index is 12.3. The number of ether oxygens (including phenoxy) is 3. The smallest absolute Gasteiger partial charge is 0.246 e. The van der Waals surface area contributed by atoms with Gasteiger partial charge in [-0.05, 0) is 42.8 Å². The van der Waals surface area contributed by atoms with E-state index < -0.39 is 0 Å². The maximum atomic E-state index is 12.3. The van der Waals surface area contributed by atoms with Crippen LogP contribution in [0.3, 0.4) is 0 Å². The largest absolute Gasteiger partial charge is 0.493 e. The third-order valence-electron chi connectivity index (χ3n) is 3.80. The van der Waals surface area contributed by atoms with E-state index in [4.69, 9.17) is 25.8 Å². The minimum Gasteiger partial charge on any atom is -0.493 e. The van der Waals surface area contributed by atoms with E-state index in [1.54, 1.807) is 37.3 Å². The number of hydrogen-bond acceptors (Lipinski definition) is 4. The first-order valence-corrected chi connectivity index (χ1v) is 9.04. The molecule has 0 aromatic heterocycles. The first-order chi connectivity index (χ1) is 13.0. The predicted molar refractivity (Wildman–Crippen MR) is 108 cm³/mol. The summed E-state index contributed by atoms with van der Waals surface area (Å²) >= 11 is 6.04. The zero-order valence-corrected chi connectivity index (χ0v) is 16.5. The molecule has 2 rings (SSSR count).